The fourth-order valence-electron chi connectivity index (χ4n) is 1.74. The SMILES string of the molecule is CC.COSc1cc(C)cc2ccc(C)cc12. The molecule has 2 aromatic rings. The number of fused-ring (bicyclic) bond motifs is 1. The molecular formula is C15H20OS. The summed E-state index contributed by atoms with van der Waals surface area (Å²) in [5.41, 5.74) is 2.55. The molecule has 2 aromatic carbocycles. The first-order valence-electron chi connectivity index (χ1n) is 5.92. The van der Waals surface area contributed by atoms with Gasteiger partial charge in [0.1, 0.15) is 0 Å². The van der Waals surface area contributed by atoms with Crippen molar-refractivity contribution in [1.82, 2.24) is 0 Å². The van der Waals surface area contributed by atoms with Gasteiger partial charge < -0.3 is 4.18 Å². The van der Waals surface area contributed by atoms with Crippen molar-refractivity contribution in [2.75, 3.05) is 7.11 Å². The molecule has 0 amide bonds. The van der Waals surface area contributed by atoms with Gasteiger partial charge in [0.2, 0.25) is 0 Å². The number of benzene rings is 2. The highest BCUT2D eigenvalue weighted by Crippen LogP contribution is 2.30. The number of rotatable bonds is 2. The van der Waals surface area contributed by atoms with Crippen LogP contribution in [0.1, 0.15) is 25.0 Å². The molecule has 2 rings (SSSR count). The summed E-state index contributed by atoms with van der Waals surface area (Å²) in [6, 6.07) is 10.9. The lowest BCUT2D eigenvalue weighted by Gasteiger charge is -2.07. The molecule has 0 unspecified atom stereocenters. The maximum absolute atomic E-state index is 5.15. The van der Waals surface area contributed by atoms with Gasteiger partial charge in [0.25, 0.3) is 0 Å². The van der Waals surface area contributed by atoms with Gasteiger partial charge in [0.05, 0.1) is 7.11 Å². The average molecular weight is 248 g/mol. The van der Waals surface area contributed by atoms with Gasteiger partial charge in [0.15, 0.2) is 0 Å². The first kappa shape index (κ1) is 14.1. The van der Waals surface area contributed by atoms with E-state index in [-0.39, 0.29) is 0 Å². The molecule has 0 aliphatic rings. The average Bonchev–Trinajstić information content (AvgIpc) is 2.33. The minimum atomic E-state index is 1.19. The van der Waals surface area contributed by atoms with Crippen LogP contribution in [0.4, 0.5) is 0 Å². The standard InChI is InChI=1S/C13H14OS.C2H6/c1-9-4-5-11-6-10(2)8-13(15-14-3)12(11)7-9;1-2/h4-8H,1-3H3;1-2H3. The van der Waals surface area contributed by atoms with Crippen molar-refractivity contribution < 1.29 is 4.18 Å². The summed E-state index contributed by atoms with van der Waals surface area (Å²) < 4.78 is 5.15. The Hall–Kier alpha value is -0.990. The third-order valence-corrected chi connectivity index (χ3v) is 3.07. The minimum Gasteiger partial charge on any atom is -0.314 e. The Bertz CT molecular complexity index is 491. The zero-order chi connectivity index (χ0) is 12.8. The van der Waals surface area contributed by atoms with Crippen molar-refractivity contribution in [2.24, 2.45) is 0 Å². The van der Waals surface area contributed by atoms with E-state index in [4.69, 9.17) is 4.18 Å². The van der Waals surface area contributed by atoms with Crippen LogP contribution in [-0.4, -0.2) is 7.11 Å². The van der Waals surface area contributed by atoms with E-state index in [1.165, 1.54) is 38.8 Å². The van der Waals surface area contributed by atoms with Gasteiger partial charge >= 0.3 is 0 Å². The van der Waals surface area contributed by atoms with Crippen LogP contribution in [0, 0.1) is 13.8 Å². The molecule has 0 saturated heterocycles. The van der Waals surface area contributed by atoms with Crippen molar-refractivity contribution in [2.45, 2.75) is 32.6 Å². The maximum Gasteiger partial charge on any atom is 0.0508 e. The van der Waals surface area contributed by atoms with Crippen molar-refractivity contribution in [3.8, 4) is 0 Å². The molecule has 0 atom stereocenters. The number of hydrogen-bond acceptors (Lipinski definition) is 2. The largest absolute Gasteiger partial charge is 0.314 e. The van der Waals surface area contributed by atoms with Gasteiger partial charge in [-0.3, -0.25) is 0 Å². The summed E-state index contributed by atoms with van der Waals surface area (Å²) in [7, 11) is 1.70. The highest BCUT2D eigenvalue weighted by Gasteiger charge is 2.03. The third-order valence-electron chi connectivity index (χ3n) is 2.39. The van der Waals surface area contributed by atoms with Crippen LogP contribution >= 0.6 is 12.0 Å². The molecule has 2 heteroatoms. The van der Waals surface area contributed by atoms with Crippen LogP contribution in [-0.2, 0) is 4.18 Å². The number of aryl methyl sites for hydroxylation is 2. The molecule has 17 heavy (non-hydrogen) atoms. The summed E-state index contributed by atoms with van der Waals surface area (Å²) in [4.78, 5) is 1.19. The fraction of sp³-hybridized carbons (Fsp3) is 0.333. The molecular weight excluding hydrogens is 228 g/mol. The Morgan fingerprint density at radius 1 is 0.941 bits per heavy atom. The van der Waals surface area contributed by atoms with Crippen LogP contribution in [0.25, 0.3) is 10.8 Å². The van der Waals surface area contributed by atoms with Crippen LogP contribution in [0.5, 0.6) is 0 Å². The molecule has 0 bridgehead atoms. The third kappa shape index (κ3) is 3.48. The van der Waals surface area contributed by atoms with Crippen LogP contribution in [0.2, 0.25) is 0 Å². The molecule has 0 aromatic heterocycles. The summed E-state index contributed by atoms with van der Waals surface area (Å²) in [6.45, 7) is 8.22. The van der Waals surface area contributed by atoms with E-state index >= 15 is 0 Å². The summed E-state index contributed by atoms with van der Waals surface area (Å²) in [5, 5.41) is 2.55. The maximum atomic E-state index is 5.15. The second-order valence-electron chi connectivity index (χ2n) is 3.74. The van der Waals surface area contributed by atoms with Gasteiger partial charge in [-0.2, -0.15) is 0 Å². The van der Waals surface area contributed by atoms with Gasteiger partial charge in [-0.1, -0.05) is 43.7 Å². The summed E-state index contributed by atoms with van der Waals surface area (Å²) in [5.74, 6) is 0. The van der Waals surface area contributed by atoms with E-state index in [0.29, 0.717) is 0 Å². The van der Waals surface area contributed by atoms with Gasteiger partial charge in [-0.15, -0.1) is 0 Å². The first-order chi connectivity index (χ1) is 8.20. The summed E-state index contributed by atoms with van der Waals surface area (Å²) >= 11 is 1.43. The fourth-order valence-corrected chi connectivity index (χ4v) is 2.42. The Morgan fingerprint density at radius 2 is 1.65 bits per heavy atom. The molecule has 92 valence electrons. The van der Waals surface area contributed by atoms with E-state index in [1.807, 2.05) is 13.8 Å². The molecule has 0 radical (unpaired) electrons. The lowest BCUT2D eigenvalue weighted by Crippen LogP contribution is -1.83. The molecule has 0 fully saturated rings. The second-order valence-corrected chi connectivity index (χ2v) is 4.68. The smallest absolute Gasteiger partial charge is 0.0508 e. The Kier molecular flexibility index (Phi) is 5.52. The van der Waals surface area contributed by atoms with Crippen molar-refractivity contribution in [1.29, 1.82) is 0 Å². The number of hydrogen-bond donors (Lipinski definition) is 0. The highest BCUT2D eigenvalue weighted by atomic mass is 32.2. The van der Waals surface area contributed by atoms with Crippen molar-refractivity contribution >= 4 is 22.8 Å². The van der Waals surface area contributed by atoms with Gasteiger partial charge in [-0.25, -0.2) is 0 Å². The molecule has 0 N–H and O–H groups in total. The Labute approximate surface area is 108 Å². The van der Waals surface area contributed by atoms with Crippen molar-refractivity contribution in [3.63, 3.8) is 0 Å². The van der Waals surface area contributed by atoms with Crippen molar-refractivity contribution in [3.05, 3.63) is 41.5 Å². The monoisotopic (exact) mass is 248 g/mol. The quantitative estimate of drug-likeness (QED) is 0.681. The van der Waals surface area contributed by atoms with Crippen LogP contribution in [0.3, 0.4) is 0 Å². The van der Waals surface area contributed by atoms with Crippen LogP contribution in [0.15, 0.2) is 35.2 Å². The normalized spacial score (nSPS) is 9.94. The highest BCUT2D eigenvalue weighted by molar-refractivity contribution is 7.94. The van der Waals surface area contributed by atoms with Crippen LogP contribution < -0.4 is 0 Å². The molecule has 0 aliphatic carbocycles. The lowest BCUT2D eigenvalue weighted by molar-refractivity contribution is 0.490. The first-order valence-corrected chi connectivity index (χ1v) is 6.66. The van der Waals surface area contributed by atoms with E-state index in [9.17, 15) is 0 Å². The minimum absolute atomic E-state index is 1.19. The zero-order valence-electron chi connectivity index (χ0n) is 11.2. The second kappa shape index (κ2) is 6.67. The molecule has 0 saturated carbocycles. The predicted molar refractivity (Wildman–Crippen MR) is 77.6 cm³/mol. The topological polar surface area (TPSA) is 9.23 Å². The Balaban J connectivity index is 0.000000686. The van der Waals surface area contributed by atoms with Gasteiger partial charge in [-0.05, 0) is 36.2 Å². The zero-order valence-corrected chi connectivity index (χ0v) is 12.0. The Morgan fingerprint density at radius 3 is 2.29 bits per heavy atom. The lowest BCUT2D eigenvalue weighted by atomic mass is 10.1. The molecule has 1 nitrogen and oxygen atoms in total. The molecule has 0 aliphatic heterocycles. The van der Waals surface area contributed by atoms with Gasteiger partial charge in [0, 0.05) is 16.9 Å². The van der Waals surface area contributed by atoms with E-state index in [2.05, 4.69) is 44.2 Å². The predicted octanol–water partition coefficient (Wildman–Crippen LogP) is 5.14. The molecule has 0 spiro atoms. The summed E-state index contributed by atoms with van der Waals surface area (Å²) in [6.07, 6.45) is 0. The van der Waals surface area contributed by atoms with E-state index in [0.717, 1.165) is 0 Å². The van der Waals surface area contributed by atoms with E-state index < -0.39 is 0 Å². The van der Waals surface area contributed by atoms with E-state index in [1.54, 1.807) is 7.11 Å². The molecule has 0 heterocycles.